The number of nitrogens with zero attached hydrogens (tertiary/aromatic N) is 2. The lowest BCUT2D eigenvalue weighted by Gasteiger charge is -2.28. The summed E-state index contributed by atoms with van der Waals surface area (Å²) < 4.78 is 5.25. The van der Waals surface area contributed by atoms with E-state index in [0.717, 1.165) is 32.8 Å². The van der Waals surface area contributed by atoms with Crippen LogP contribution >= 0.6 is 0 Å². The van der Waals surface area contributed by atoms with Crippen molar-refractivity contribution in [2.24, 2.45) is 17.6 Å². The van der Waals surface area contributed by atoms with E-state index in [1.807, 2.05) is 0 Å². The van der Waals surface area contributed by atoms with Crippen LogP contribution in [0.15, 0.2) is 0 Å². The number of nitrogens with two attached hydrogens (primary N) is 1. The minimum Gasteiger partial charge on any atom is -0.379 e. The molecule has 2 atom stereocenters. The lowest BCUT2D eigenvalue weighted by atomic mass is 10.3. The molecule has 1 aliphatic carbocycles. The first-order chi connectivity index (χ1) is 8.20. The van der Waals surface area contributed by atoms with Crippen molar-refractivity contribution in [3.05, 3.63) is 0 Å². The van der Waals surface area contributed by atoms with E-state index in [4.69, 9.17) is 10.5 Å². The second-order valence-electron chi connectivity index (χ2n) is 4.91. The lowest BCUT2D eigenvalue weighted by molar-refractivity contribution is -0.141. The number of hydrogen-bond acceptors (Lipinski definition) is 5. The second kappa shape index (κ2) is 4.04. The van der Waals surface area contributed by atoms with Crippen LogP contribution in [0.5, 0.6) is 0 Å². The number of ether oxygens (including phenoxy) is 1. The van der Waals surface area contributed by atoms with Gasteiger partial charge in [-0.25, -0.2) is 0 Å². The first kappa shape index (κ1) is 11.1. The molecular weight excluding hydrogens is 222 g/mol. The number of likely N-dealkylation sites (tertiary alicyclic amines) is 1. The molecule has 17 heavy (non-hydrogen) atoms. The predicted molar refractivity (Wildman–Crippen MR) is 58.9 cm³/mol. The minimum absolute atomic E-state index is 0.0687. The topological polar surface area (TPSA) is 75.9 Å². The van der Waals surface area contributed by atoms with Gasteiger partial charge in [0, 0.05) is 32.2 Å². The number of morpholine rings is 1. The Hall–Kier alpha value is -0.980. The highest BCUT2D eigenvalue weighted by Gasteiger charge is 2.65. The Labute approximate surface area is 99.7 Å². The van der Waals surface area contributed by atoms with Gasteiger partial charge in [-0.3, -0.25) is 19.4 Å². The smallest absolute Gasteiger partial charge is 0.234 e. The Bertz CT molecular complexity index is 332. The molecule has 0 radical (unpaired) electrons. The molecule has 2 heterocycles. The molecule has 2 saturated heterocycles. The zero-order chi connectivity index (χ0) is 12.0. The third kappa shape index (κ3) is 1.76. The number of carbonyl (C=O) groups excluding carboxylic acids is 2. The van der Waals surface area contributed by atoms with Crippen LogP contribution in [0.25, 0.3) is 0 Å². The second-order valence-corrected chi connectivity index (χ2v) is 4.91. The third-order valence-electron chi connectivity index (χ3n) is 3.92. The van der Waals surface area contributed by atoms with Crippen molar-refractivity contribution in [3.63, 3.8) is 0 Å². The zero-order valence-electron chi connectivity index (χ0n) is 9.67. The van der Waals surface area contributed by atoms with Crippen LogP contribution in [-0.2, 0) is 14.3 Å². The van der Waals surface area contributed by atoms with Crippen LogP contribution in [0.2, 0.25) is 0 Å². The molecule has 3 fully saturated rings. The summed E-state index contributed by atoms with van der Waals surface area (Å²) in [5.74, 6) is -0.569. The van der Waals surface area contributed by atoms with E-state index in [-0.39, 0.29) is 29.7 Å². The van der Waals surface area contributed by atoms with Crippen LogP contribution in [0.1, 0.15) is 0 Å². The molecule has 0 bridgehead atoms. The molecule has 3 aliphatic rings. The molecule has 6 nitrogen and oxygen atoms in total. The van der Waals surface area contributed by atoms with Gasteiger partial charge in [-0.05, 0) is 0 Å². The van der Waals surface area contributed by atoms with Gasteiger partial charge in [0.2, 0.25) is 11.8 Å². The summed E-state index contributed by atoms with van der Waals surface area (Å²) in [6, 6.07) is -0.213. The van der Waals surface area contributed by atoms with Crippen molar-refractivity contribution in [2.75, 3.05) is 39.4 Å². The number of fused-ring (bicyclic) bond motifs is 1. The maximum atomic E-state index is 11.8. The molecule has 2 unspecified atom stereocenters. The first-order valence-corrected chi connectivity index (χ1v) is 6.11. The highest BCUT2D eigenvalue weighted by molar-refractivity contribution is 6.10. The van der Waals surface area contributed by atoms with E-state index >= 15 is 0 Å². The fourth-order valence-corrected chi connectivity index (χ4v) is 2.73. The molecule has 0 aromatic rings. The van der Waals surface area contributed by atoms with Gasteiger partial charge in [0.1, 0.15) is 0 Å². The van der Waals surface area contributed by atoms with Gasteiger partial charge in [-0.1, -0.05) is 0 Å². The van der Waals surface area contributed by atoms with E-state index in [1.54, 1.807) is 0 Å². The Morgan fingerprint density at radius 3 is 2.29 bits per heavy atom. The van der Waals surface area contributed by atoms with Crippen LogP contribution in [-0.4, -0.2) is 67.0 Å². The van der Waals surface area contributed by atoms with Crippen molar-refractivity contribution in [1.29, 1.82) is 0 Å². The molecule has 3 rings (SSSR count). The van der Waals surface area contributed by atoms with Crippen LogP contribution in [0, 0.1) is 11.8 Å². The lowest BCUT2D eigenvalue weighted by Crippen LogP contribution is -2.45. The van der Waals surface area contributed by atoms with Crippen LogP contribution in [0.4, 0.5) is 0 Å². The average molecular weight is 239 g/mol. The van der Waals surface area contributed by atoms with Crippen molar-refractivity contribution in [3.8, 4) is 0 Å². The summed E-state index contributed by atoms with van der Waals surface area (Å²) >= 11 is 0. The van der Waals surface area contributed by atoms with Gasteiger partial charge in [0.25, 0.3) is 0 Å². The Kier molecular flexibility index (Phi) is 2.65. The third-order valence-corrected chi connectivity index (χ3v) is 3.92. The SMILES string of the molecule is NC1C2C(=O)N(CCN3CCOCC3)C(=O)C12. The Balaban J connectivity index is 1.53. The van der Waals surface area contributed by atoms with Crippen LogP contribution < -0.4 is 5.73 Å². The molecule has 1 saturated carbocycles. The average Bonchev–Trinajstić information content (AvgIpc) is 2.93. The molecule has 2 amide bonds. The van der Waals surface area contributed by atoms with Gasteiger partial charge < -0.3 is 10.5 Å². The maximum Gasteiger partial charge on any atom is 0.234 e. The van der Waals surface area contributed by atoms with E-state index in [9.17, 15) is 9.59 Å². The molecule has 0 aromatic carbocycles. The molecule has 2 aliphatic heterocycles. The van der Waals surface area contributed by atoms with Gasteiger partial charge >= 0.3 is 0 Å². The molecule has 94 valence electrons. The van der Waals surface area contributed by atoms with E-state index < -0.39 is 0 Å². The molecule has 0 spiro atoms. The molecule has 0 aromatic heterocycles. The fourth-order valence-electron chi connectivity index (χ4n) is 2.73. The standard InChI is InChI=1S/C11H17N3O3/c12-9-7-8(9)11(16)14(10(7)15)2-1-13-3-5-17-6-4-13/h7-9H,1-6,12H2. The summed E-state index contributed by atoms with van der Waals surface area (Å²) in [4.78, 5) is 27.2. The summed E-state index contributed by atoms with van der Waals surface area (Å²) in [6.07, 6.45) is 0. The van der Waals surface area contributed by atoms with E-state index in [1.165, 1.54) is 4.90 Å². The minimum atomic E-state index is -0.216. The number of hydrogen-bond donors (Lipinski definition) is 1. The fraction of sp³-hybridized carbons (Fsp3) is 0.818. The highest BCUT2D eigenvalue weighted by atomic mass is 16.5. The van der Waals surface area contributed by atoms with Gasteiger partial charge in [-0.15, -0.1) is 0 Å². The summed E-state index contributed by atoms with van der Waals surface area (Å²) in [6.45, 7) is 4.47. The van der Waals surface area contributed by atoms with Gasteiger partial charge in [0.15, 0.2) is 0 Å². The zero-order valence-corrected chi connectivity index (χ0v) is 9.67. The van der Waals surface area contributed by atoms with Crippen molar-refractivity contribution < 1.29 is 14.3 Å². The number of carbonyl (C=O) groups is 2. The van der Waals surface area contributed by atoms with Crippen molar-refractivity contribution in [2.45, 2.75) is 6.04 Å². The summed E-state index contributed by atoms with van der Waals surface area (Å²) in [5, 5.41) is 0. The highest BCUT2D eigenvalue weighted by Crippen LogP contribution is 2.45. The monoisotopic (exact) mass is 239 g/mol. The predicted octanol–water partition coefficient (Wildman–Crippen LogP) is -1.74. The molecule has 6 heteroatoms. The number of imide groups is 1. The normalized spacial score (nSPS) is 37.5. The van der Waals surface area contributed by atoms with Crippen LogP contribution in [0.3, 0.4) is 0 Å². The molecular formula is C11H17N3O3. The largest absolute Gasteiger partial charge is 0.379 e. The molecule has 2 N–H and O–H groups in total. The summed E-state index contributed by atoms with van der Waals surface area (Å²) in [5.41, 5.74) is 5.66. The first-order valence-electron chi connectivity index (χ1n) is 6.11. The summed E-state index contributed by atoms with van der Waals surface area (Å²) in [7, 11) is 0. The maximum absolute atomic E-state index is 11.8. The van der Waals surface area contributed by atoms with E-state index in [0.29, 0.717) is 6.54 Å². The van der Waals surface area contributed by atoms with Gasteiger partial charge in [-0.2, -0.15) is 0 Å². The number of rotatable bonds is 3. The van der Waals surface area contributed by atoms with E-state index in [2.05, 4.69) is 4.90 Å². The number of piperidine rings is 1. The Morgan fingerprint density at radius 1 is 1.12 bits per heavy atom. The van der Waals surface area contributed by atoms with Gasteiger partial charge in [0.05, 0.1) is 25.0 Å². The van der Waals surface area contributed by atoms with Crippen molar-refractivity contribution in [1.82, 2.24) is 9.80 Å². The van der Waals surface area contributed by atoms with Crippen molar-refractivity contribution >= 4 is 11.8 Å². The Morgan fingerprint density at radius 2 is 1.71 bits per heavy atom. The quantitative estimate of drug-likeness (QED) is 0.592. The number of amides is 2.